The number of para-hydroxylation sites is 1. The van der Waals surface area contributed by atoms with E-state index in [-0.39, 0.29) is 29.9 Å². The highest BCUT2D eigenvalue weighted by Crippen LogP contribution is 2.52. The molecule has 2 aliphatic carbocycles. The van der Waals surface area contributed by atoms with E-state index in [1.165, 1.54) is 54.8 Å². The lowest BCUT2D eigenvalue weighted by molar-refractivity contribution is 0.102. The largest absolute Gasteiger partial charge is 0.483 e. The molecule has 0 unspecified atom stereocenters. The van der Waals surface area contributed by atoms with E-state index in [1.807, 2.05) is 0 Å². The number of thioether (sulfide) groups is 1. The summed E-state index contributed by atoms with van der Waals surface area (Å²) in [5.74, 6) is 2.81. The molecule has 1 aromatic carbocycles. The molecular weight excluding hydrogens is 481 g/mol. The van der Waals surface area contributed by atoms with Crippen molar-refractivity contribution in [1.82, 2.24) is 14.8 Å². The summed E-state index contributed by atoms with van der Waals surface area (Å²) >= 11 is 8.66. The topological polar surface area (TPSA) is 57.0 Å². The van der Waals surface area contributed by atoms with Gasteiger partial charge in [0.05, 0.1) is 15.0 Å². The second-order valence-corrected chi connectivity index (χ2v) is 11.5. The number of carbonyl (C=O) groups excluding carboxylic acids is 1. The first-order chi connectivity index (χ1) is 16.0. The third-order valence-electron chi connectivity index (χ3n) is 6.93. The summed E-state index contributed by atoms with van der Waals surface area (Å²) in [6.45, 7) is 2.33. The van der Waals surface area contributed by atoms with Gasteiger partial charge in [0.15, 0.2) is 28.3 Å². The standard InChI is InChI=1S/C24H25ClFN3O2S2/c1-14(17-11-15-6-7-16(17)10-15)29-23(12-31-20-5-3-2-4-18(20)26)27-28-24(29)32-13-19(30)21-8-9-22(25)33-21/h2-5,8-9,14-17H,6-7,10-13H2,1H3/t14-,15-,16-,17+/m1/s1. The van der Waals surface area contributed by atoms with Crippen LogP contribution in [0.5, 0.6) is 5.75 Å². The third-order valence-corrected chi connectivity index (χ3v) is 9.14. The lowest BCUT2D eigenvalue weighted by atomic mass is 9.84. The Morgan fingerprint density at radius 2 is 2.12 bits per heavy atom. The lowest BCUT2D eigenvalue weighted by Crippen LogP contribution is -2.24. The molecule has 174 valence electrons. The van der Waals surface area contributed by atoms with Gasteiger partial charge in [-0.15, -0.1) is 21.5 Å². The Hall–Kier alpha value is -1.90. The van der Waals surface area contributed by atoms with Crippen LogP contribution in [0.1, 0.15) is 54.1 Å². The number of rotatable bonds is 9. The molecule has 2 heterocycles. The molecule has 2 fully saturated rings. The van der Waals surface area contributed by atoms with Crippen molar-refractivity contribution < 1.29 is 13.9 Å². The Kier molecular flexibility index (Phi) is 6.77. The zero-order chi connectivity index (χ0) is 22.9. The van der Waals surface area contributed by atoms with E-state index in [2.05, 4.69) is 21.7 Å². The first kappa shape index (κ1) is 22.9. The zero-order valence-corrected chi connectivity index (χ0v) is 20.6. The number of halogens is 2. The molecule has 2 aliphatic rings. The summed E-state index contributed by atoms with van der Waals surface area (Å²) in [5.41, 5.74) is 0. The highest BCUT2D eigenvalue weighted by atomic mass is 35.5. The van der Waals surface area contributed by atoms with E-state index in [4.69, 9.17) is 16.3 Å². The Bertz CT molecular complexity index is 1150. The molecular formula is C24H25ClFN3O2S2. The fourth-order valence-corrected chi connectivity index (χ4v) is 7.36. The summed E-state index contributed by atoms with van der Waals surface area (Å²) in [7, 11) is 0. The van der Waals surface area contributed by atoms with Crippen LogP contribution in [0.2, 0.25) is 4.34 Å². The quantitative estimate of drug-likeness (QED) is 0.240. The molecule has 0 saturated heterocycles. The summed E-state index contributed by atoms with van der Waals surface area (Å²) in [6, 6.07) is 10.0. The molecule has 0 aliphatic heterocycles. The van der Waals surface area contributed by atoms with E-state index in [0.29, 0.717) is 26.1 Å². The van der Waals surface area contributed by atoms with Crippen molar-refractivity contribution in [1.29, 1.82) is 0 Å². The minimum absolute atomic E-state index is 0.0168. The van der Waals surface area contributed by atoms with Crippen molar-refractivity contribution >= 4 is 40.5 Å². The highest BCUT2D eigenvalue weighted by Gasteiger charge is 2.43. The monoisotopic (exact) mass is 505 g/mol. The highest BCUT2D eigenvalue weighted by molar-refractivity contribution is 7.99. The number of thiophene rings is 1. The van der Waals surface area contributed by atoms with Crippen LogP contribution >= 0.6 is 34.7 Å². The minimum Gasteiger partial charge on any atom is -0.483 e. The van der Waals surface area contributed by atoms with E-state index >= 15 is 0 Å². The predicted octanol–water partition coefficient (Wildman–Crippen LogP) is 6.68. The maximum Gasteiger partial charge on any atom is 0.192 e. The van der Waals surface area contributed by atoms with Crippen LogP contribution in [0.3, 0.4) is 0 Å². The van der Waals surface area contributed by atoms with E-state index in [1.54, 1.807) is 30.3 Å². The third kappa shape index (κ3) is 4.84. The van der Waals surface area contributed by atoms with E-state index in [0.717, 1.165) is 11.8 Å². The van der Waals surface area contributed by atoms with Crippen molar-refractivity contribution in [2.75, 3.05) is 5.75 Å². The summed E-state index contributed by atoms with van der Waals surface area (Å²) < 4.78 is 22.5. The molecule has 0 radical (unpaired) electrons. The van der Waals surface area contributed by atoms with Gasteiger partial charge in [-0.25, -0.2) is 4.39 Å². The van der Waals surface area contributed by atoms with Gasteiger partial charge in [0.25, 0.3) is 0 Å². The van der Waals surface area contributed by atoms with Crippen molar-refractivity contribution in [2.45, 2.75) is 50.4 Å². The van der Waals surface area contributed by atoms with Gasteiger partial charge in [0.1, 0.15) is 6.61 Å². The van der Waals surface area contributed by atoms with Gasteiger partial charge in [-0.2, -0.15) is 0 Å². The van der Waals surface area contributed by atoms with Gasteiger partial charge < -0.3 is 4.74 Å². The molecule has 3 aromatic rings. The first-order valence-electron chi connectivity index (χ1n) is 11.2. The van der Waals surface area contributed by atoms with Crippen LogP contribution in [0.25, 0.3) is 0 Å². The predicted molar refractivity (Wildman–Crippen MR) is 129 cm³/mol. The number of hydrogen-bond acceptors (Lipinski definition) is 6. The average molecular weight is 506 g/mol. The first-order valence-corrected chi connectivity index (χ1v) is 13.4. The van der Waals surface area contributed by atoms with Gasteiger partial charge in [0, 0.05) is 6.04 Å². The van der Waals surface area contributed by atoms with Crippen LogP contribution in [0.15, 0.2) is 41.6 Å². The second kappa shape index (κ2) is 9.76. The zero-order valence-electron chi connectivity index (χ0n) is 18.2. The summed E-state index contributed by atoms with van der Waals surface area (Å²) in [6.07, 6.45) is 5.13. The van der Waals surface area contributed by atoms with Crippen LogP contribution in [-0.4, -0.2) is 26.3 Å². The molecule has 0 N–H and O–H groups in total. The van der Waals surface area contributed by atoms with E-state index in [9.17, 15) is 9.18 Å². The average Bonchev–Trinajstić information content (AvgIpc) is 3.60. The maximum atomic E-state index is 14.1. The van der Waals surface area contributed by atoms with Gasteiger partial charge in [-0.1, -0.05) is 41.9 Å². The number of Topliss-reactive ketones (excluding diaryl/α,β-unsaturated/α-hetero) is 1. The lowest BCUT2D eigenvalue weighted by Gasteiger charge is -2.30. The number of hydrogen-bond donors (Lipinski definition) is 0. The molecule has 9 heteroatoms. The minimum atomic E-state index is -0.403. The molecule has 5 nitrogen and oxygen atoms in total. The molecule has 5 rings (SSSR count). The molecule has 2 bridgehead atoms. The number of aromatic nitrogens is 3. The number of ether oxygens (including phenoxy) is 1. The van der Waals surface area contributed by atoms with E-state index < -0.39 is 5.82 Å². The number of nitrogens with zero attached hydrogens (tertiary/aromatic N) is 3. The van der Waals surface area contributed by atoms with Crippen molar-refractivity contribution in [2.24, 2.45) is 17.8 Å². The van der Waals surface area contributed by atoms with Crippen molar-refractivity contribution in [3.8, 4) is 5.75 Å². The van der Waals surface area contributed by atoms with Crippen molar-refractivity contribution in [3.63, 3.8) is 0 Å². The molecule has 0 spiro atoms. The summed E-state index contributed by atoms with van der Waals surface area (Å²) in [5, 5.41) is 9.49. The number of ketones is 1. The second-order valence-electron chi connectivity index (χ2n) is 8.88. The molecule has 4 atom stereocenters. The molecule has 2 saturated carbocycles. The Morgan fingerprint density at radius 3 is 2.82 bits per heavy atom. The van der Waals surface area contributed by atoms with Crippen LogP contribution in [-0.2, 0) is 6.61 Å². The number of carbonyl (C=O) groups is 1. The Morgan fingerprint density at radius 1 is 1.27 bits per heavy atom. The van der Waals surface area contributed by atoms with Crippen LogP contribution in [0.4, 0.5) is 4.39 Å². The van der Waals surface area contributed by atoms with Crippen molar-refractivity contribution in [3.05, 3.63) is 57.3 Å². The van der Waals surface area contributed by atoms with Crippen LogP contribution < -0.4 is 4.74 Å². The number of benzene rings is 1. The fraction of sp³-hybridized carbons (Fsp3) is 0.458. The van der Waals surface area contributed by atoms with Gasteiger partial charge in [-0.05, 0) is 68.2 Å². The summed E-state index contributed by atoms with van der Waals surface area (Å²) in [4.78, 5) is 13.3. The Labute approximate surface area is 205 Å². The van der Waals surface area contributed by atoms with Crippen LogP contribution in [0, 0.1) is 23.6 Å². The smallest absolute Gasteiger partial charge is 0.192 e. The SMILES string of the molecule is C[C@H]([C@@H]1C[C@@H]2CC[C@@H]1C2)n1c(COc2ccccc2F)nnc1SCC(=O)c1ccc(Cl)s1. The molecule has 33 heavy (non-hydrogen) atoms. The fourth-order valence-electron chi connectivity index (χ4n) is 5.36. The molecule has 2 aromatic heterocycles. The molecule has 0 amide bonds. The maximum absolute atomic E-state index is 14.1. The van der Waals surface area contributed by atoms with Gasteiger partial charge >= 0.3 is 0 Å². The van der Waals surface area contributed by atoms with Gasteiger partial charge in [0.2, 0.25) is 0 Å². The Balaban J connectivity index is 1.36. The van der Waals surface area contributed by atoms with Gasteiger partial charge in [-0.3, -0.25) is 9.36 Å². The normalized spacial score (nSPS) is 22.6. The number of fused-ring (bicyclic) bond motifs is 2.